The average molecular weight is 242 g/mol. The molecule has 3 rings (SSSR count). The Labute approximate surface area is 108 Å². The van der Waals surface area contributed by atoms with Gasteiger partial charge in [0.1, 0.15) is 11.9 Å². The molecule has 0 aromatic carbocycles. The maximum absolute atomic E-state index is 9.20. The van der Waals surface area contributed by atoms with Crippen molar-refractivity contribution in [2.45, 2.75) is 25.8 Å². The van der Waals surface area contributed by atoms with Gasteiger partial charge in [-0.2, -0.15) is 5.26 Å². The molecule has 2 saturated heterocycles. The number of pyridine rings is 1. The smallest absolute Gasteiger partial charge is 0.146 e. The van der Waals surface area contributed by atoms with Crippen molar-refractivity contribution < 1.29 is 0 Å². The molecule has 0 radical (unpaired) electrons. The lowest BCUT2D eigenvalue weighted by Gasteiger charge is -2.24. The highest BCUT2D eigenvalue weighted by molar-refractivity contribution is 5.55. The molecule has 4 nitrogen and oxygen atoms in total. The standard InChI is InChI=1S/C14H18N4/c1-10-4-5-11(7-15)14(17-10)18-8-12-3-2-6-16-13(12)9-18/h4-5,12-13,16H,2-3,6,8-9H2,1H3/t12-,13+/m0/s1. The number of anilines is 1. The fourth-order valence-electron chi connectivity index (χ4n) is 3.09. The monoisotopic (exact) mass is 242 g/mol. The third kappa shape index (κ3) is 1.95. The molecule has 2 aliphatic rings. The molecule has 1 aromatic rings. The molecule has 0 bridgehead atoms. The van der Waals surface area contributed by atoms with Crippen molar-refractivity contribution in [3.8, 4) is 6.07 Å². The van der Waals surface area contributed by atoms with E-state index in [1.807, 2.05) is 19.1 Å². The second-order valence-corrected chi connectivity index (χ2v) is 5.30. The lowest BCUT2D eigenvalue weighted by atomic mass is 9.94. The van der Waals surface area contributed by atoms with Crippen LogP contribution >= 0.6 is 0 Å². The van der Waals surface area contributed by atoms with Crippen LogP contribution in [0.15, 0.2) is 12.1 Å². The zero-order valence-corrected chi connectivity index (χ0v) is 10.7. The second kappa shape index (κ2) is 4.58. The number of hydrogen-bond acceptors (Lipinski definition) is 4. The highest BCUT2D eigenvalue weighted by Crippen LogP contribution is 2.29. The number of fused-ring (bicyclic) bond motifs is 1. The Morgan fingerprint density at radius 3 is 3.11 bits per heavy atom. The first-order valence-corrected chi connectivity index (χ1v) is 6.64. The van der Waals surface area contributed by atoms with Crippen LogP contribution in [0.3, 0.4) is 0 Å². The molecule has 0 spiro atoms. The van der Waals surface area contributed by atoms with Crippen LogP contribution in [0.2, 0.25) is 0 Å². The number of nitriles is 1. The molecular formula is C14H18N4. The lowest BCUT2D eigenvalue weighted by Crippen LogP contribution is -2.40. The minimum atomic E-state index is 0.576. The van der Waals surface area contributed by atoms with Gasteiger partial charge in [0.15, 0.2) is 0 Å². The van der Waals surface area contributed by atoms with Crippen LogP contribution in [-0.4, -0.2) is 30.7 Å². The van der Waals surface area contributed by atoms with Crippen molar-refractivity contribution in [1.82, 2.24) is 10.3 Å². The van der Waals surface area contributed by atoms with Gasteiger partial charge in [-0.05, 0) is 44.4 Å². The summed E-state index contributed by atoms with van der Waals surface area (Å²) >= 11 is 0. The highest BCUT2D eigenvalue weighted by Gasteiger charge is 2.35. The van der Waals surface area contributed by atoms with Crippen LogP contribution in [0, 0.1) is 24.2 Å². The minimum absolute atomic E-state index is 0.576. The lowest BCUT2D eigenvalue weighted by molar-refractivity contribution is 0.340. The summed E-state index contributed by atoms with van der Waals surface area (Å²) in [6.45, 7) is 5.12. The summed E-state index contributed by atoms with van der Waals surface area (Å²) in [6.07, 6.45) is 2.56. The zero-order chi connectivity index (χ0) is 12.5. The van der Waals surface area contributed by atoms with Gasteiger partial charge in [-0.25, -0.2) is 4.98 Å². The maximum Gasteiger partial charge on any atom is 0.146 e. The molecule has 18 heavy (non-hydrogen) atoms. The van der Waals surface area contributed by atoms with Gasteiger partial charge in [0.05, 0.1) is 5.56 Å². The first-order valence-electron chi connectivity index (χ1n) is 6.64. The van der Waals surface area contributed by atoms with Gasteiger partial charge in [0.2, 0.25) is 0 Å². The van der Waals surface area contributed by atoms with Crippen LogP contribution in [-0.2, 0) is 0 Å². The Bertz CT molecular complexity index is 477. The number of rotatable bonds is 1. The van der Waals surface area contributed by atoms with Gasteiger partial charge in [-0.15, -0.1) is 0 Å². The van der Waals surface area contributed by atoms with E-state index in [0.29, 0.717) is 17.5 Å². The number of piperidine rings is 1. The van der Waals surface area contributed by atoms with Crippen molar-refractivity contribution in [2.24, 2.45) is 5.92 Å². The molecule has 2 atom stereocenters. The Morgan fingerprint density at radius 1 is 1.44 bits per heavy atom. The summed E-state index contributed by atoms with van der Waals surface area (Å²) in [5.41, 5.74) is 1.67. The first kappa shape index (κ1) is 11.5. The summed E-state index contributed by atoms with van der Waals surface area (Å²) < 4.78 is 0. The third-order valence-electron chi connectivity index (χ3n) is 4.03. The Morgan fingerprint density at radius 2 is 2.33 bits per heavy atom. The van der Waals surface area contributed by atoms with E-state index in [1.165, 1.54) is 12.8 Å². The van der Waals surface area contributed by atoms with Gasteiger partial charge in [0.25, 0.3) is 0 Å². The molecule has 0 aliphatic carbocycles. The van der Waals surface area contributed by atoms with E-state index < -0.39 is 0 Å². The second-order valence-electron chi connectivity index (χ2n) is 5.30. The quantitative estimate of drug-likeness (QED) is 0.810. The predicted octanol–water partition coefficient (Wildman–Crippen LogP) is 1.45. The largest absolute Gasteiger partial charge is 0.354 e. The number of hydrogen-bond donors (Lipinski definition) is 1. The van der Waals surface area contributed by atoms with Crippen LogP contribution in [0.1, 0.15) is 24.1 Å². The van der Waals surface area contributed by atoms with Gasteiger partial charge in [-0.1, -0.05) is 0 Å². The van der Waals surface area contributed by atoms with Crippen molar-refractivity contribution in [3.05, 3.63) is 23.4 Å². The van der Waals surface area contributed by atoms with Crippen LogP contribution < -0.4 is 10.2 Å². The van der Waals surface area contributed by atoms with E-state index in [9.17, 15) is 5.26 Å². The van der Waals surface area contributed by atoms with Crippen molar-refractivity contribution in [3.63, 3.8) is 0 Å². The summed E-state index contributed by atoms with van der Waals surface area (Å²) in [6, 6.07) is 6.62. The number of aryl methyl sites for hydroxylation is 1. The Kier molecular flexibility index (Phi) is 2.92. The van der Waals surface area contributed by atoms with Crippen LogP contribution in [0.4, 0.5) is 5.82 Å². The molecule has 94 valence electrons. The number of aromatic nitrogens is 1. The molecule has 1 aromatic heterocycles. The third-order valence-corrected chi connectivity index (χ3v) is 4.03. The number of nitrogens with one attached hydrogen (secondary N) is 1. The van der Waals surface area contributed by atoms with Crippen molar-refractivity contribution in [1.29, 1.82) is 5.26 Å². The predicted molar refractivity (Wildman–Crippen MR) is 70.4 cm³/mol. The van der Waals surface area contributed by atoms with Gasteiger partial charge < -0.3 is 10.2 Å². The van der Waals surface area contributed by atoms with Crippen molar-refractivity contribution >= 4 is 5.82 Å². The molecular weight excluding hydrogens is 224 g/mol. The van der Waals surface area contributed by atoms with Crippen LogP contribution in [0.5, 0.6) is 0 Å². The zero-order valence-electron chi connectivity index (χ0n) is 10.7. The van der Waals surface area contributed by atoms with Gasteiger partial charge in [-0.3, -0.25) is 0 Å². The Hall–Kier alpha value is -1.60. The molecule has 2 aliphatic heterocycles. The Balaban J connectivity index is 1.88. The van der Waals surface area contributed by atoms with E-state index in [4.69, 9.17) is 0 Å². The summed E-state index contributed by atoms with van der Waals surface area (Å²) in [5, 5.41) is 12.8. The maximum atomic E-state index is 9.20. The normalized spacial score (nSPS) is 26.8. The number of nitrogens with zero attached hydrogens (tertiary/aromatic N) is 3. The van der Waals surface area contributed by atoms with Crippen LogP contribution in [0.25, 0.3) is 0 Å². The molecule has 4 heteroatoms. The molecule has 0 unspecified atom stereocenters. The SMILES string of the molecule is Cc1ccc(C#N)c(N2C[C@@H]3CCCN[C@@H]3C2)n1. The highest BCUT2D eigenvalue weighted by atomic mass is 15.2. The molecule has 3 heterocycles. The summed E-state index contributed by atoms with van der Waals surface area (Å²) in [7, 11) is 0. The van der Waals surface area contributed by atoms with E-state index in [1.54, 1.807) is 0 Å². The fourth-order valence-corrected chi connectivity index (χ4v) is 3.09. The summed E-state index contributed by atoms with van der Waals surface area (Å²) in [5.74, 6) is 1.58. The van der Waals surface area contributed by atoms with E-state index in [2.05, 4.69) is 21.3 Å². The van der Waals surface area contributed by atoms with E-state index in [0.717, 1.165) is 31.1 Å². The first-order chi connectivity index (χ1) is 8.78. The topological polar surface area (TPSA) is 52.0 Å². The molecule has 1 N–H and O–H groups in total. The van der Waals surface area contributed by atoms with E-state index in [-0.39, 0.29) is 0 Å². The summed E-state index contributed by atoms with van der Waals surface area (Å²) in [4.78, 5) is 6.84. The molecule has 2 fully saturated rings. The minimum Gasteiger partial charge on any atom is -0.354 e. The van der Waals surface area contributed by atoms with Crippen molar-refractivity contribution in [2.75, 3.05) is 24.5 Å². The molecule has 0 saturated carbocycles. The van der Waals surface area contributed by atoms with Gasteiger partial charge >= 0.3 is 0 Å². The van der Waals surface area contributed by atoms with Gasteiger partial charge in [0, 0.05) is 24.8 Å². The fraction of sp³-hybridized carbons (Fsp3) is 0.571. The molecule has 0 amide bonds. The average Bonchev–Trinajstić information content (AvgIpc) is 2.82. The van der Waals surface area contributed by atoms with E-state index >= 15 is 0 Å².